The van der Waals surface area contributed by atoms with Crippen LogP contribution in [0, 0.1) is 16.0 Å². The van der Waals surface area contributed by atoms with E-state index < -0.39 is 22.8 Å². The Morgan fingerprint density at radius 3 is 2.00 bits per heavy atom. The average molecular weight is 309 g/mol. The third-order valence-corrected chi connectivity index (χ3v) is 3.74. The molecule has 116 valence electrons. The molecule has 1 N–H and O–H groups in total. The fraction of sp³-hybridized carbons (Fsp3) is 0.176. The highest BCUT2D eigenvalue weighted by molar-refractivity contribution is 6.13. The van der Waals surface area contributed by atoms with Gasteiger partial charge >= 0.3 is 0 Å². The molecule has 1 fully saturated rings. The summed E-state index contributed by atoms with van der Waals surface area (Å²) in [5.41, 5.74) is 4.82. The van der Waals surface area contributed by atoms with E-state index in [9.17, 15) is 14.9 Å². The van der Waals surface area contributed by atoms with Crippen molar-refractivity contribution in [1.29, 1.82) is 0 Å². The van der Waals surface area contributed by atoms with Crippen LogP contribution in [0.3, 0.4) is 0 Å². The largest absolute Gasteiger partial charge is 0.273 e. The lowest BCUT2D eigenvalue weighted by molar-refractivity contribution is -0.497. The van der Waals surface area contributed by atoms with Gasteiger partial charge in [-0.3, -0.25) is 14.9 Å². The Morgan fingerprint density at radius 1 is 1.04 bits per heavy atom. The van der Waals surface area contributed by atoms with Gasteiger partial charge in [0.25, 0.3) is 0 Å². The lowest BCUT2D eigenvalue weighted by Gasteiger charge is -2.07. The lowest BCUT2D eigenvalue weighted by atomic mass is 10.0. The molecule has 0 radical (unpaired) electrons. The van der Waals surface area contributed by atoms with E-state index in [0.29, 0.717) is 5.71 Å². The minimum absolute atomic E-state index is 0.278. The van der Waals surface area contributed by atoms with Crippen LogP contribution in [0.15, 0.2) is 65.8 Å². The van der Waals surface area contributed by atoms with Crippen molar-refractivity contribution < 1.29 is 9.72 Å². The van der Waals surface area contributed by atoms with E-state index in [4.69, 9.17) is 0 Å². The van der Waals surface area contributed by atoms with E-state index >= 15 is 0 Å². The molecular weight excluding hydrogens is 294 g/mol. The molecule has 2 aromatic rings. The Kier molecular flexibility index (Phi) is 4.14. The molecule has 3 rings (SSSR count). The predicted octanol–water partition coefficient (Wildman–Crippen LogP) is 2.22. The summed E-state index contributed by atoms with van der Waals surface area (Å²) in [6.45, 7) is 0. The molecule has 2 aromatic carbocycles. The molecule has 0 heterocycles. The third-order valence-electron chi connectivity index (χ3n) is 3.74. The molecule has 23 heavy (non-hydrogen) atoms. The number of nitro groups is 1. The standard InChI is InChI=1S/C17H15N3O3/c21-17(14-11-15(14)20(22)23)19-18-16(12-7-3-1-4-8-12)13-9-5-2-6-10-13/h1-10,14-15H,11H2,(H,19,21)/t14-,15+/m1/s1. The van der Waals surface area contributed by atoms with Crippen LogP contribution in [0.1, 0.15) is 17.5 Å². The minimum atomic E-state index is -0.776. The molecular formula is C17H15N3O3. The molecule has 0 spiro atoms. The SMILES string of the molecule is O=C(NN=C(c1ccccc1)c1ccccc1)[C@@H]1C[C@@H]1[N+](=O)[O-]. The highest BCUT2D eigenvalue weighted by Crippen LogP contribution is 2.33. The molecule has 1 amide bonds. The molecule has 1 aliphatic rings. The number of carbonyl (C=O) groups is 1. The van der Waals surface area contributed by atoms with Gasteiger partial charge in [0.1, 0.15) is 5.92 Å². The summed E-state index contributed by atoms with van der Waals surface area (Å²) in [5, 5.41) is 14.9. The summed E-state index contributed by atoms with van der Waals surface area (Å²) in [6, 6.07) is 18.2. The van der Waals surface area contributed by atoms with Crippen molar-refractivity contribution in [3.05, 3.63) is 81.9 Å². The minimum Gasteiger partial charge on any atom is -0.273 e. The molecule has 2 atom stereocenters. The van der Waals surface area contributed by atoms with E-state index in [-0.39, 0.29) is 6.42 Å². The molecule has 1 saturated carbocycles. The van der Waals surface area contributed by atoms with Gasteiger partial charge < -0.3 is 0 Å². The number of nitrogens with zero attached hydrogens (tertiary/aromatic N) is 2. The van der Waals surface area contributed by atoms with E-state index in [1.165, 1.54) is 0 Å². The zero-order valence-corrected chi connectivity index (χ0v) is 12.3. The topological polar surface area (TPSA) is 84.6 Å². The van der Waals surface area contributed by atoms with Gasteiger partial charge in [-0.1, -0.05) is 60.7 Å². The Hall–Kier alpha value is -3.02. The number of amides is 1. The maximum atomic E-state index is 12.0. The summed E-state index contributed by atoms with van der Waals surface area (Å²) in [5.74, 6) is -0.988. The molecule has 0 saturated heterocycles. The van der Waals surface area contributed by atoms with E-state index in [1.807, 2.05) is 60.7 Å². The van der Waals surface area contributed by atoms with Crippen LogP contribution in [0.2, 0.25) is 0 Å². The van der Waals surface area contributed by atoms with E-state index in [2.05, 4.69) is 10.5 Å². The molecule has 0 bridgehead atoms. The first kappa shape index (κ1) is 14.9. The second kappa shape index (κ2) is 6.39. The van der Waals surface area contributed by atoms with Gasteiger partial charge in [-0.2, -0.15) is 5.10 Å². The maximum Gasteiger partial charge on any atom is 0.250 e. The first-order valence-electron chi connectivity index (χ1n) is 7.28. The van der Waals surface area contributed by atoms with Crippen LogP contribution in [0.4, 0.5) is 0 Å². The van der Waals surface area contributed by atoms with Crippen molar-refractivity contribution in [2.45, 2.75) is 12.5 Å². The van der Waals surface area contributed by atoms with Crippen molar-refractivity contribution in [3.8, 4) is 0 Å². The number of benzene rings is 2. The number of hydrogen-bond donors (Lipinski definition) is 1. The fourth-order valence-electron chi connectivity index (χ4n) is 2.38. The number of rotatable bonds is 5. The zero-order chi connectivity index (χ0) is 16.2. The number of carbonyl (C=O) groups excluding carboxylic acids is 1. The summed E-state index contributed by atoms with van der Waals surface area (Å²) in [6.07, 6.45) is 0.278. The monoisotopic (exact) mass is 309 g/mol. The van der Waals surface area contributed by atoms with Crippen molar-refractivity contribution >= 4 is 11.6 Å². The summed E-state index contributed by atoms with van der Waals surface area (Å²) < 4.78 is 0. The fourth-order valence-corrected chi connectivity index (χ4v) is 2.38. The zero-order valence-electron chi connectivity index (χ0n) is 12.3. The first-order chi connectivity index (χ1) is 11.2. The molecule has 0 unspecified atom stereocenters. The van der Waals surface area contributed by atoms with Gasteiger partial charge in [0.05, 0.1) is 5.71 Å². The number of hydrazone groups is 1. The van der Waals surface area contributed by atoms with Gasteiger partial charge in [-0.05, 0) is 0 Å². The van der Waals surface area contributed by atoms with Crippen molar-refractivity contribution in [1.82, 2.24) is 5.43 Å². The quantitative estimate of drug-likeness (QED) is 0.522. The van der Waals surface area contributed by atoms with Crippen LogP contribution in [-0.4, -0.2) is 22.6 Å². The van der Waals surface area contributed by atoms with Crippen LogP contribution in [0.5, 0.6) is 0 Å². The van der Waals surface area contributed by atoms with E-state index in [0.717, 1.165) is 11.1 Å². The maximum absolute atomic E-state index is 12.0. The first-order valence-corrected chi connectivity index (χ1v) is 7.28. The van der Waals surface area contributed by atoms with Crippen LogP contribution in [0.25, 0.3) is 0 Å². The highest BCUT2D eigenvalue weighted by atomic mass is 16.6. The summed E-state index contributed by atoms with van der Waals surface area (Å²) in [7, 11) is 0. The van der Waals surface area contributed by atoms with Crippen molar-refractivity contribution in [3.63, 3.8) is 0 Å². The second-order valence-corrected chi connectivity index (χ2v) is 5.36. The molecule has 6 nitrogen and oxygen atoms in total. The predicted molar refractivity (Wildman–Crippen MR) is 85.6 cm³/mol. The Morgan fingerprint density at radius 2 is 1.57 bits per heavy atom. The van der Waals surface area contributed by atoms with Gasteiger partial charge in [0.2, 0.25) is 11.9 Å². The van der Waals surface area contributed by atoms with Crippen molar-refractivity contribution in [2.24, 2.45) is 11.0 Å². The average Bonchev–Trinajstić information content (AvgIpc) is 3.38. The smallest absolute Gasteiger partial charge is 0.250 e. The van der Waals surface area contributed by atoms with Gasteiger partial charge in [-0.25, -0.2) is 5.43 Å². The molecule has 0 aromatic heterocycles. The lowest BCUT2D eigenvalue weighted by Crippen LogP contribution is -2.24. The normalized spacial score (nSPS) is 18.8. The van der Waals surface area contributed by atoms with Gasteiger partial charge in [-0.15, -0.1) is 0 Å². The van der Waals surface area contributed by atoms with E-state index in [1.54, 1.807) is 0 Å². The Labute approximate surface area is 133 Å². The van der Waals surface area contributed by atoms with Gasteiger partial charge in [0, 0.05) is 22.5 Å². The van der Waals surface area contributed by atoms with Crippen molar-refractivity contribution in [2.75, 3.05) is 0 Å². The Balaban J connectivity index is 1.82. The third kappa shape index (κ3) is 3.42. The highest BCUT2D eigenvalue weighted by Gasteiger charge is 2.53. The number of hydrogen-bond acceptors (Lipinski definition) is 4. The second-order valence-electron chi connectivity index (χ2n) is 5.36. The molecule has 0 aliphatic heterocycles. The molecule has 6 heteroatoms. The number of nitrogens with one attached hydrogen (secondary N) is 1. The summed E-state index contributed by atoms with van der Waals surface area (Å²) >= 11 is 0. The van der Waals surface area contributed by atoms with Gasteiger partial charge in [0.15, 0.2) is 0 Å². The summed E-state index contributed by atoms with van der Waals surface area (Å²) in [4.78, 5) is 22.2. The van der Waals surface area contributed by atoms with Crippen LogP contribution in [-0.2, 0) is 4.79 Å². The van der Waals surface area contributed by atoms with Crippen LogP contribution >= 0.6 is 0 Å². The Bertz CT molecular complexity index is 703. The molecule has 1 aliphatic carbocycles. The van der Waals surface area contributed by atoms with Crippen LogP contribution < -0.4 is 5.43 Å².